The van der Waals surface area contributed by atoms with Gasteiger partial charge in [-0.1, -0.05) is 12.5 Å². The molecule has 22 heavy (non-hydrogen) atoms. The highest BCUT2D eigenvalue weighted by Crippen LogP contribution is 2.24. The fraction of sp³-hybridized carbons (Fsp3) is 0.588. The number of aromatic nitrogens is 2. The number of halogens is 1. The second-order valence-corrected chi connectivity index (χ2v) is 6.01. The maximum atomic E-state index is 14.0. The van der Waals surface area contributed by atoms with Crippen LogP contribution in [0.5, 0.6) is 0 Å². The molecule has 5 heteroatoms. The van der Waals surface area contributed by atoms with Gasteiger partial charge in [0.15, 0.2) is 5.82 Å². The molecule has 1 atom stereocenters. The van der Waals surface area contributed by atoms with Crippen LogP contribution in [0.4, 0.5) is 4.39 Å². The Morgan fingerprint density at radius 1 is 1.36 bits per heavy atom. The first kappa shape index (κ1) is 15.4. The van der Waals surface area contributed by atoms with Gasteiger partial charge in [-0.2, -0.15) is 0 Å². The Morgan fingerprint density at radius 2 is 2.23 bits per heavy atom. The maximum Gasteiger partial charge on any atom is 0.151 e. The molecule has 0 saturated carbocycles. The minimum absolute atomic E-state index is 0.222. The molecule has 0 spiro atoms. The number of fused-ring (bicyclic) bond motifs is 1. The summed E-state index contributed by atoms with van der Waals surface area (Å²) in [6.07, 6.45) is 4.34. The quantitative estimate of drug-likeness (QED) is 0.923. The molecule has 2 aromatic rings. The molecule has 1 fully saturated rings. The van der Waals surface area contributed by atoms with E-state index in [4.69, 9.17) is 0 Å². The first-order chi connectivity index (χ1) is 10.7. The van der Waals surface area contributed by atoms with Crippen LogP contribution in [-0.2, 0) is 13.1 Å². The largest absolute Gasteiger partial charge is 0.396 e. The summed E-state index contributed by atoms with van der Waals surface area (Å²) >= 11 is 0. The van der Waals surface area contributed by atoms with Gasteiger partial charge in [-0.05, 0) is 44.9 Å². The second-order valence-electron chi connectivity index (χ2n) is 6.01. The number of aliphatic hydroxyl groups is 1. The van der Waals surface area contributed by atoms with Crippen LogP contribution in [-0.4, -0.2) is 38.8 Å². The van der Waals surface area contributed by atoms with Crippen molar-refractivity contribution in [3.05, 3.63) is 29.8 Å². The molecule has 2 heterocycles. The number of benzene rings is 1. The smallest absolute Gasteiger partial charge is 0.151 e. The number of hydrogen-bond acceptors (Lipinski definition) is 3. The van der Waals surface area contributed by atoms with Crippen molar-refractivity contribution in [3.8, 4) is 0 Å². The number of piperidine rings is 1. The van der Waals surface area contributed by atoms with Gasteiger partial charge in [0, 0.05) is 19.2 Å². The van der Waals surface area contributed by atoms with Crippen molar-refractivity contribution >= 4 is 11.0 Å². The maximum absolute atomic E-state index is 14.0. The van der Waals surface area contributed by atoms with E-state index in [0.717, 1.165) is 43.8 Å². The topological polar surface area (TPSA) is 41.3 Å². The second kappa shape index (κ2) is 6.75. The van der Waals surface area contributed by atoms with E-state index in [1.54, 1.807) is 6.07 Å². The van der Waals surface area contributed by atoms with Crippen molar-refractivity contribution in [1.82, 2.24) is 14.5 Å². The van der Waals surface area contributed by atoms with Gasteiger partial charge >= 0.3 is 0 Å². The molecule has 0 aliphatic carbocycles. The van der Waals surface area contributed by atoms with Gasteiger partial charge in [0.25, 0.3) is 0 Å². The van der Waals surface area contributed by atoms with Gasteiger partial charge in [0.05, 0.1) is 12.1 Å². The van der Waals surface area contributed by atoms with E-state index in [0.29, 0.717) is 11.6 Å². The SMILES string of the molecule is CCn1c(CN2CCCC[C@H]2CCO)nc2c(F)cccc21. The Labute approximate surface area is 130 Å². The van der Waals surface area contributed by atoms with Gasteiger partial charge < -0.3 is 9.67 Å². The Kier molecular flexibility index (Phi) is 4.74. The molecule has 1 aliphatic rings. The lowest BCUT2D eigenvalue weighted by atomic mass is 10.00. The zero-order chi connectivity index (χ0) is 15.5. The van der Waals surface area contributed by atoms with Crippen LogP contribution in [0.1, 0.15) is 38.4 Å². The lowest BCUT2D eigenvalue weighted by molar-refractivity contribution is 0.109. The molecule has 1 aliphatic heterocycles. The van der Waals surface area contributed by atoms with E-state index in [9.17, 15) is 9.50 Å². The Bertz CT molecular complexity index is 638. The summed E-state index contributed by atoms with van der Waals surface area (Å²) in [4.78, 5) is 6.95. The van der Waals surface area contributed by atoms with E-state index < -0.39 is 0 Å². The predicted octanol–water partition coefficient (Wildman–Crippen LogP) is 2.93. The monoisotopic (exact) mass is 305 g/mol. The van der Waals surface area contributed by atoms with E-state index in [1.807, 2.05) is 6.07 Å². The van der Waals surface area contributed by atoms with E-state index in [2.05, 4.69) is 21.4 Å². The van der Waals surface area contributed by atoms with Gasteiger partial charge in [-0.3, -0.25) is 4.90 Å². The summed E-state index contributed by atoms with van der Waals surface area (Å²) in [5.74, 6) is 0.670. The minimum Gasteiger partial charge on any atom is -0.396 e. The van der Waals surface area contributed by atoms with Crippen molar-refractivity contribution in [1.29, 1.82) is 0 Å². The zero-order valence-corrected chi connectivity index (χ0v) is 13.1. The molecule has 120 valence electrons. The summed E-state index contributed by atoms with van der Waals surface area (Å²) in [5.41, 5.74) is 1.34. The van der Waals surface area contributed by atoms with Crippen LogP contribution in [0.25, 0.3) is 11.0 Å². The van der Waals surface area contributed by atoms with Gasteiger partial charge in [-0.25, -0.2) is 9.37 Å². The average Bonchev–Trinajstić information content (AvgIpc) is 2.88. The molecule has 1 aromatic carbocycles. The van der Waals surface area contributed by atoms with Crippen molar-refractivity contribution in [2.75, 3.05) is 13.2 Å². The third-order valence-corrected chi connectivity index (χ3v) is 4.68. The highest BCUT2D eigenvalue weighted by Gasteiger charge is 2.24. The van der Waals surface area contributed by atoms with Crippen LogP contribution in [0.15, 0.2) is 18.2 Å². The highest BCUT2D eigenvalue weighted by atomic mass is 19.1. The number of rotatable bonds is 5. The molecule has 0 amide bonds. The molecule has 0 radical (unpaired) electrons. The highest BCUT2D eigenvalue weighted by molar-refractivity contribution is 5.76. The molecule has 1 aromatic heterocycles. The third-order valence-electron chi connectivity index (χ3n) is 4.68. The Morgan fingerprint density at radius 3 is 3.00 bits per heavy atom. The zero-order valence-electron chi connectivity index (χ0n) is 13.1. The number of imidazole rings is 1. The van der Waals surface area contributed by atoms with Gasteiger partial charge in [-0.15, -0.1) is 0 Å². The summed E-state index contributed by atoms with van der Waals surface area (Å²) in [5, 5.41) is 9.26. The molecular formula is C17H24FN3O. The van der Waals surface area contributed by atoms with Gasteiger partial charge in [0.2, 0.25) is 0 Å². The fourth-order valence-electron chi connectivity index (χ4n) is 3.56. The van der Waals surface area contributed by atoms with E-state index in [1.165, 1.54) is 18.9 Å². The van der Waals surface area contributed by atoms with E-state index >= 15 is 0 Å². The Balaban J connectivity index is 1.90. The normalized spacial score (nSPS) is 19.9. The fourth-order valence-corrected chi connectivity index (χ4v) is 3.56. The van der Waals surface area contributed by atoms with Crippen molar-refractivity contribution in [2.24, 2.45) is 0 Å². The van der Waals surface area contributed by atoms with Crippen LogP contribution < -0.4 is 0 Å². The molecule has 0 unspecified atom stereocenters. The van der Waals surface area contributed by atoms with Crippen LogP contribution in [0, 0.1) is 5.82 Å². The standard InChI is InChI=1S/C17H24FN3O/c1-2-21-15-8-5-7-14(18)17(15)19-16(21)12-20-10-4-3-6-13(20)9-11-22/h5,7-8,13,22H,2-4,6,9-12H2,1H3/t13-/m0/s1. The Hall–Kier alpha value is -1.46. The number of para-hydroxylation sites is 1. The third kappa shape index (κ3) is 2.88. The molecule has 1 saturated heterocycles. The summed E-state index contributed by atoms with van der Waals surface area (Å²) in [6.45, 7) is 4.83. The molecule has 0 bridgehead atoms. The first-order valence-electron chi connectivity index (χ1n) is 8.23. The van der Waals surface area contributed by atoms with Crippen molar-refractivity contribution in [2.45, 2.75) is 51.7 Å². The molecular weight excluding hydrogens is 281 g/mol. The van der Waals surface area contributed by atoms with E-state index in [-0.39, 0.29) is 12.4 Å². The average molecular weight is 305 g/mol. The molecule has 1 N–H and O–H groups in total. The lowest BCUT2D eigenvalue weighted by Gasteiger charge is -2.35. The first-order valence-corrected chi connectivity index (χ1v) is 8.23. The predicted molar refractivity (Wildman–Crippen MR) is 85.1 cm³/mol. The summed E-state index contributed by atoms with van der Waals surface area (Å²) < 4.78 is 16.1. The van der Waals surface area contributed by atoms with Crippen molar-refractivity contribution < 1.29 is 9.50 Å². The van der Waals surface area contributed by atoms with Crippen LogP contribution in [0.2, 0.25) is 0 Å². The van der Waals surface area contributed by atoms with Crippen LogP contribution >= 0.6 is 0 Å². The molecule has 4 nitrogen and oxygen atoms in total. The minimum atomic E-state index is -0.253. The number of hydrogen-bond donors (Lipinski definition) is 1. The van der Waals surface area contributed by atoms with Crippen LogP contribution in [0.3, 0.4) is 0 Å². The lowest BCUT2D eigenvalue weighted by Crippen LogP contribution is -2.40. The number of likely N-dealkylation sites (tertiary alicyclic amines) is 1. The molecule has 3 rings (SSSR count). The van der Waals surface area contributed by atoms with Gasteiger partial charge in [0.1, 0.15) is 11.3 Å². The number of aryl methyl sites for hydroxylation is 1. The van der Waals surface area contributed by atoms with Crippen molar-refractivity contribution in [3.63, 3.8) is 0 Å². The summed E-state index contributed by atoms with van der Waals surface area (Å²) in [7, 11) is 0. The number of aliphatic hydroxyl groups excluding tert-OH is 1. The number of nitrogens with zero attached hydrogens (tertiary/aromatic N) is 3. The summed E-state index contributed by atoms with van der Waals surface area (Å²) in [6, 6.07) is 5.55.